The van der Waals surface area contributed by atoms with Gasteiger partial charge in [0.1, 0.15) is 5.75 Å². The zero-order valence-corrected chi connectivity index (χ0v) is 20.0. The number of ether oxygens (including phenoxy) is 1. The number of halogens is 2. The maximum Gasteiger partial charge on any atom is 0.237 e. The Hall–Kier alpha value is -2.27. The van der Waals surface area contributed by atoms with Crippen molar-refractivity contribution in [2.45, 2.75) is 31.2 Å². The van der Waals surface area contributed by atoms with Crippen molar-refractivity contribution in [2.24, 2.45) is 11.8 Å². The molecule has 1 unspecified atom stereocenters. The summed E-state index contributed by atoms with van der Waals surface area (Å²) in [7, 11) is 3.56. The molecule has 168 valence electrons. The molecule has 4 atom stereocenters. The van der Waals surface area contributed by atoms with E-state index in [1.54, 1.807) is 7.11 Å². The normalized spacial score (nSPS) is 23.8. The molecule has 2 aliphatic rings. The van der Waals surface area contributed by atoms with E-state index in [-0.39, 0.29) is 23.8 Å². The van der Waals surface area contributed by atoms with Gasteiger partial charge in [-0.05, 0) is 66.8 Å². The number of rotatable bonds is 7. The fourth-order valence-electron chi connectivity index (χ4n) is 5.58. The van der Waals surface area contributed by atoms with Crippen molar-refractivity contribution < 1.29 is 9.53 Å². The van der Waals surface area contributed by atoms with Crippen LogP contribution in [-0.4, -0.2) is 20.1 Å². The molecule has 1 amide bonds. The summed E-state index contributed by atoms with van der Waals surface area (Å²) in [5.41, 5.74) is 1.86. The van der Waals surface area contributed by atoms with Crippen LogP contribution in [0.1, 0.15) is 36.9 Å². The Morgan fingerprint density at radius 2 is 2.06 bits per heavy atom. The smallest absolute Gasteiger partial charge is 0.237 e. The van der Waals surface area contributed by atoms with E-state index < -0.39 is 5.41 Å². The molecule has 4 rings (SSSR count). The van der Waals surface area contributed by atoms with Gasteiger partial charge in [-0.1, -0.05) is 66.9 Å². The molecule has 1 aliphatic heterocycles. The number of carbonyl (C=O) groups is 1. The Morgan fingerprint density at radius 1 is 1.25 bits per heavy atom. The van der Waals surface area contributed by atoms with Gasteiger partial charge < -0.3 is 15.4 Å². The van der Waals surface area contributed by atoms with Crippen LogP contribution in [0.5, 0.6) is 5.75 Å². The number of amides is 1. The lowest BCUT2D eigenvalue weighted by molar-refractivity contribution is -0.125. The number of methoxy groups -OCH3 is 1. The first-order valence-electron chi connectivity index (χ1n) is 10.9. The van der Waals surface area contributed by atoms with Crippen LogP contribution < -0.4 is 15.4 Å². The molecule has 1 aliphatic carbocycles. The van der Waals surface area contributed by atoms with Gasteiger partial charge >= 0.3 is 0 Å². The molecule has 4 nitrogen and oxygen atoms in total. The van der Waals surface area contributed by atoms with Crippen LogP contribution in [0, 0.1) is 11.8 Å². The molecule has 0 saturated carbocycles. The molecule has 0 saturated heterocycles. The van der Waals surface area contributed by atoms with E-state index in [9.17, 15) is 4.79 Å². The van der Waals surface area contributed by atoms with Crippen molar-refractivity contribution >= 4 is 34.8 Å². The molecule has 1 heterocycles. The molecule has 0 aromatic heterocycles. The third kappa shape index (κ3) is 3.75. The van der Waals surface area contributed by atoms with E-state index in [1.165, 1.54) is 0 Å². The molecule has 32 heavy (non-hydrogen) atoms. The molecule has 2 aromatic carbocycles. The first kappa shape index (κ1) is 22.9. The fraction of sp³-hybridized carbons (Fsp3) is 0.346. The Labute approximate surface area is 199 Å². The number of allylic oxidation sites excluding steroid dienone is 4. The highest BCUT2D eigenvalue weighted by Gasteiger charge is 2.58. The Bertz CT molecular complexity index is 1080. The summed E-state index contributed by atoms with van der Waals surface area (Å²) >= 11 is 12.7. The highest BCUT2D eigenvalue weighted by Crippen LogP contribution is 2.55. The van der Waals surface area contributed by atoms with Crippen LogP contribution in [-0.2, 0) is 10.2 Å². The quantitative estimate of drug-likeness (QED) is 0.504. The number of anilines is 1. The van der Waals surface area contributed by atoms with E-state index in [0.717, 1.165) is 34.0 Å². The average molecular weight is 471 g/mol. The minimum atomic E-state index is -0.862. The highest BCUT2D eigenvalue weighted by atomic mass is 35.5. The van der Waals surface area contributed by atoms with Crippen LogP contribution in [0.2, 0.25) is 5.02 Å². The van der Waals surface area contributed by atoms with Crippen molar-refractivity contribution in [2.75, 3.05) is 19.5 Å². The zero-order valence-electron chi connectivity index (χ0n) is 18.5. The second-order valence-corrected chi connectivity index (χ2v) is 9.31. The number of likely N-dealkylation sites (N-methyl/N-ethyl adjacent to an activating group) is 1. The zero-order chi connectivity index (χ0) is 22.9. The van der Waals surface area contributed by atoms with Gasteiger partial charge in [0.25, 0.3) is 0 Å². The minimum absolute atomic E-state index is 0.00715. The third-order valence-electron chi connectivity index (χ3n) is 6.83. The lowest BCUT2D eigenvalue weighted by atomic mass is 9.59. The highest BCUT2D eigenvalue weighted by molar-refractivity contribution is 6.31. The van der Waals surface area contributed by atoms with Crippen molar-refractivity contribution in [1.29, 1.82) is 0 Å². The molecule has 2 aromatic rings. The summed E-state index contributed by atoms with van der Waals surface area (Å²) in [4.78, 5) is 14.0. The summed E-state index contributed by atoms with van der Waals surface area (Å²) in [5, 5.41) is 8.03. The van der Waals surface area contributed by atoms with Crippen molar-refractivity contribution in [3.63, 3.8) is 0 Å². The monoisotopic (exact) mass is 470 g/mol. The summed E-state index contributed by atoms with van der Waals surface area (Å²) in [6.07, 6.45) is 7.63. The predicted octanol–water partition coefficient (Wildman–Crippen LogP) is 6.22. The molecule has 0 radical (unpaired) electrons. The number of carbonyl (C=O) groups excluding carboxylic acids is 1. The van der Waals surface area contributed by atoms with Gasteiger partial charge in [-0.25, -0.2) is 0 Å². The van der Waals surface area contributed by atoms with E-state index in [1.807, 2.05) is 61.7 Å². The molecule has 0 spiro atoms. The lowest BCUT2D eigenvalue weighted by Gasteiger charge is -2.45. The van der Waals surface area contributed by atoms with Gasteiger partial charge in [-0.15, -0.1) is 0 Å². The maximum atomic E-state index is 14.0. The summed E-state index contributed by atoms with van der Waals surface area (Å²) in [5.74, 6) is 0.839. The van der Waals surface area contributed by atoms with E-state index in [0.29, 0.717) is 11.4 Å². The van der Waals surface area contributed by atoms with Crippen LogP contribution in [0.25, 0.3) is 0 Å². The van der Waals surface area contributed by atoms with Crippen molar-refractivity contribution in [1.82, 2.24) is 5.32 Å². The number of benzene rings is 2. The Kier molecular flexibility index (Phi) is 6.66. The van der Waals surface area contributed by atoms with Gasteiger partial charge in [0.2, 0.25) is 5.91 Å². The fourth-order valence-corrected chi connectivity index (χ4v) is 6.00. The molecular formula is C26H28Cl2N2O2. The predicted molar refractivity (Wildman–Crippen MR) is 132 cm³/mol. The first-order valence-corrected chi connectivity index (χ1v) is 11.7. The maximum absolute atomic E-state index is 14.0. The van der Waals surface area contributed by atoms with Crippen LogP contribution in [0.15, 0.2) is 65.7 Å². The van der Waals surface area contributed by atoms with E-state index >= 15 is 0 Å². The molecule has 2 N–H and O–H groups in total. The van der Waals surface area contributed by atoms with Gasteiger partial charge in [-0.3, -0.25) is 4.79 Å². The number of hydrogen-bond acceptors (Lipinski definition) is 3. The van der Waals surface area contributed by atoms with Crippen molar-refractivity contribution in [3.8, 4) is 5.75 Å². The Balaban J connectivity index is 1.96. The van der Waals surface area contributed by atoms with E-state index in [2.05, 4.69) is 23.6 Å². The second-order valence-electron chi connectivity index (χ2n) is 8.39. The van der Waals surface area contributed by atoms with Gasteiger partial charge in [-0.2, -0.15) is 0 Å². The second kappa shape index (κ2) is 9.30. The number of fused-ring (bicyclic) bond motifs is 1. The molecule has 6 heteroatoms. The lowest BCUT2D eigenvalue weighted by Crippen LogP contribution is -2.53. The minimum Gasteiger partial charge on any atom is -0.497 e. The Morgan fingerprint density at radius 3 is 2.75 bits per heavy atom. The third-order valence-corrected chi connectivity index (χ3v) is 7.35. The van der Waals surface area contributed by atoms with Gasteiger partial charge in [0.15, 0.2) is 0 Å². The van der Waals surface area contributed by atoms with Gasteiger partial charge in [0, 0.05) is 15.7 Å². The topological polar surface area (TPSA) is 50.4 Å². The SMILES string of the molecule is CC[C@@H](C1C=CC=C(Cl)C1)[C@@]1([C@@H](NC)c2cccc(OC)c2)C(=O)Nc2cc(Cl)ccc21. The van der Waals surface area contributed by atoms with E-state index in [4.69, 9.17) is 27.9 Å². The molecule has 0 bridgehead atoms. The largest absolute Gasteiger partial charge is 0.497 e. The van der Waals surface area contributed by atoms with Crippen LogP contribution in [0.3, 0.4) is 0 Å². The van der Waals surface area contributed by atoms with Gasteiger partial charge in [0.05, 0.1) is 18.6 Å². The first-order chi connectivity index (χ1) is 15.4. The number of nitrogens with one attached hydrogen (secondary N) is 2. The summed E-state index contributed by atoms with van der Waals surface area (Å²) < 4.78 is 5.49. The van der Waals surface area contributed by atoms with Crippen molar-refractivity contribution in [3.05, 3.63) is 81.9 Å². The van der Waals surface area contributed by atoms with Crippen LogP contribution in [0.4, 0.5) is 5.69 Å². The standard InChI is InChI=1S/C26H28Cl2N2O2/c1-4-21(16-7-5-9-18(27)13-16)26(22-12-11-19(28)15-23(22)30-25(26)31)24(29-2)17-8-6-10-20(14-17)32-3/h5-12,14-16,21,24,29H,4,13H2,1-3H3,(H,30,31)/t16?,21-,24-,26+/m0/s1. The molecular weight excluding hydrogens is 443 g/mol. The number of hydrogen-bond donors (Lipinski definition) is 2. The summed E-state index contributed by atoms with van der Waals surface area (Å²) in [6.45, 7) is 2.14. The molecule has 0 fully saturated rings. The van der Waals surface area contributed by atoms with Crippen LogP contribution >= 0.6 is 23.2 Å². The summed E-state index contributed by atoms with van der Waals surface area (Å²) in [6, 6.07) is 13.3. The average Bonchev–Trinajstić information content (AvgIpc) is 3.06.